The molecule has 0 heterocycles. The van der Waals surface area contributed by atoms with Crippen molar-refractivity contribution in [1.82, 2.24) is 4.72 Å². The molecule has 0 unspecified atom stereocenters. The van der Waals surface area contributed by atoms with Gasteiger partial charge in [0.1, 0.15) is 5.75 Å². The number of carbonyl (C=O) groups excluding carboxylic acids is 1. The molecule has 2 N–H and O–H groups in total. The second-order valence-corrected chi connectivity index (χ2v) is 7.85. The fourth-order valence-electron chi connectivity index (χ4n) is 2.25. The molecule has 1 amide bonds. The van der Waals surface area contributed by atoms with Crippen molar-refractivity contribution in [2.45, 2.75) is 31.7 Å². The van der Waals surface area contributed by atoms with Crippen molar-refractivity contribution in [3.05, 3.63) is 53.1 Å². The van der Waals surface area contributed by atoms with Crippen molar-refractivity contribution in [2.24, 2.45) is 0 Å². The van der Waals surface area contributed by atoms with E-state index in [-0.39, 0.29) is 9.92 Å². The number of sulfonamides is 1. The minimum absolute atomic E-state index is 0.0406. The van der Waals surface area contributed by atoms with Crippen LogP contribution in [0.1, 0.15) is 19.4 Å². The molecule has 2 aromatic carbocycles. The summed E-state index contributed by atoms with van der Waals surface area (Å²) in [4.78, 5) is 12.2. The molecule has 0 aromatic heterocycles. The van der Waals surface area contributed by atoms with Crippen LogP contribution in [0.25, 0.3) is 0 Å². The first-order valence-electron chi connectivity index (χ1n) is 8.05. The van der Waals surface area contributed by atoms with Crippen LogP contribution >= 0.6 is 11.6 Å². The number of benzene rings is 2. The molecule has 26 heavy (non-hydrogen) atoms. The molecule has 8 heteroatoms. The second kappa shape index (κ2) is 8.53. The lowest BCUT2D eigenvalue weighted by Gasteiger charge is -2.15. The number of hydrogen-bond acceptors (Lipinski definition) is 4. The Balaban J connectivity index is 2.10. The Morgan fingerprint density at radius 2 is 1.96 bits per heavy atom. The van der Waals surface area contributed by atoms with E-state index in [1.165, 1.54) is 25.1 Å². The third kappa shape index (κ3) is 5.20. The number of rotatable bonds is 7. The molecule has 0 saturated carbocycles. The molecule has 0 fully saturated rings. The fraction of sp³-hybridized carbons (Fsp3) is 0.278. The van der Waals surface area contributed by atoms with E-state index in [1.807, 2.05) is 19.1 Å². The van der Waals surface area contributed by atoms with Crippen LogP contribution < -0.4 is 14.8 Å². The zero-order valence-electron chi connectivity index (χ0n) is 14.7. The Hall–Kier alpha value is -2.09. The highest BCUT2D eigenvalue weighted by molar-refractivity contribution is 7.89. The lowest BCUT2D eigenvalue weighted by Crippen LogP contribution is -2.41. The van der Waals surface area contributed by atoms with Crippen LogP contribution in [0.2, 0.25) is 5.02 Å². The Bertz CT molecular complexity index is 900. The Morgan fingerprint density at radius 3 is 2.58 bits per heavy atom. The summed E-state index contributed by atoms with van der Waals surface area (Å²) in [5.41, 5.74) is 1.59. The summed E-state index contributed by atoms with van der Waals surface area (Å²) in [6, 6.07) is 10.4. The van der Waals surface area contributed by atoms with Crippen LogP contribution in [-0.4, -0.2) is 27.0 Å². The number of anilines is 1. The highest BCUT2D eigenvalue weighted by atomic mass is 35.5. The van der Waals surface area contributed by atoms with E-state index in [1.54, 1.807) is 19.1 Å². The van der Waals surface area contributed by atoms with Gasteiger partial charge in [0.2, 0.25) is 15.9 Å². The zero-order valence-corrected chi connectivity index (χ0v) is 16.3. The van der Waals surface area contributed by atoms with Crippen molar-refractivity contribution in [1.29, 1.82) is 0 Å². The summed E-state index contributed by atoms with van der Waals surface area (Å²) in [6.07, 6.45) is 0. The van der Waals surface area contributed by atoms with E-state index in [4.69, 9.17) is 16.3 Å². The van der Waals surface area contributed by atoms with Gasteiger partial charge in [0, 0.05) is 5.69 Å². The average molecular weight is 397 g/mol. The summed E-state index contributed by atoms with van der Waals surface area (Å²) in [5.74, 6) is -0.0606. The van der Waals surface area contributed by atoms with E-state index >= 15 is 0 Å². The molecule has 0 bridgehead atoms. The van der Waals surface area contributed by atoms with E-state index < -0.39 is 22.0 Å². The largest absolute Gasteiger partial charge is 0.492 e. The zero-order chi connectivity index (χ0) is 19.3. The van der Waals surface area contributed by atoms with Gasteiger partial charge in [-0.2, -0.15) is 4.72 Å². The predicted molar refractivity (Wildman–Crippen MR) is 102 cm³/mol. The molecule has 2 aromatic rings. The van der Waals surface area contributed by atoms with E-state index in [0.29, 0.717) is 18.0 Å². The first kappa shape index (κ1) is 20.2. The maximum Gasteiger partial charge on any atom is 0.242 e. The molecule has 2 rings (SSSR count). The van der Waals surface area contributed by atoms with Gasteiger partial charge in [0.05, 0.1) is 22.6 Å². The van der Waals surface area contributed by atoms with E-state index in [2.05, 4.69) is 10.0 Å². The number of carbonyl (C=O) groups is 1. The van der Waals surface area contributed by atoms with E-state index in [0.717, 1.165) is 5.56 Å². The number of amides is 1. The van der Waals surface area contributed by atoms with Crippen molar-refractivity contribution in [3.63, 3.8) is 0 Å². The normalized spacial score (nSPS) is 12.5. The van der Waals surface area contributed by atoms with Crippen LogP contribution in [0.5, 0.6) is 5.75 Å². The minimum atomic E-state index is -3.91. The molecule has 0 radical (unpaired) electrons. The fourth-order valence-corrected chi connectivity index (χ4v) is 3.78. The van der Waals surface area contributed by atoms with Crippen molar-refractivity contribution < 1.29 is 17.9 Å². The van der Waals surface area contributed by atoms with Crippen LogP contribution in [0.4, 0.5) is 5.69 Å². The summed E-state index contributed by atoms with van der Waals surface area (Å²) < 4.78 is 32.6. The lowest BCUT2D eigenvalue weighted by molar-refractivity contribution is -0.117. The standard InChI is InChI=1S/C18H21ClN2O4S/c1-4-25-17-9-8-15(11-16(17)19)26(23,24)21-13(3)18(22)20-14-7-5-6-12(2)10-14/h5-11,13,21H,4H2,1-3H3,(H,20,22)/t13-/m0/s1. The molecule has 0 aliphatic heterocycles. The van der Waals surface area contributed by atoms with Gasteiger partial charge in [-0.05, 0) is 56.7 Å². The van der Waals surface area contributed by atoms with Crippen LogP contribution in [0, 0.1) is 6.92 Å². The predicted octanol–water partition coefficient (Wildman–Crippen LogP) is 3.35. The van der Waals surface area contributed by atoms with Gasteiger partial charge in [0.15, 0.2) is 0 Å². The van der Waals surface area contributed by atoms with Crippen LogP contribution in [0.15, 0.2) is 47.4 Å². The highest BCUT2D eigenvalue weighted by Gasteiger charge is 2.23. The lowest BCUT2D eigenvalue weighted by atomic mass is 10.2. The average Bonchev–Trinajstić information content (AvgIpc) is 2.56. The third-order valence-electron chi connectivity index (χ3n) is 3.52. The number of hydrogen-bond donors (Lipinski definition) is 2. The van der Waals surface area contributed by atoms with Gasteiger partial charge < -0.3 is 10.1 Å². The topological polar surface area (TPSA) is 84.5 Å². The Morgan fingerprint density at radius 1 is 1.23 bits per heavy atom. The Kier molecular flexibility index (Phi) is 6.63. The van der Waals surface area contributed by atoms with Crippen LogP contribution in [0.3, 0.4) is 0 Å². The Labute approximate surface area is 158 Å². The molecule has 140 valence electrons. The number of aryl methyl sites for hydroxylation is 1. The molecule has 0 spiro atoms. The smallest absolute Gasteiger partial charge is 0.242 e. The quantitative estimate of drug-likeness (QED) is 0.751. The first-order chi connectivity index (χ1) is 12.2. The second-order valence-electron chi connectivity index (χ2n) is 5.73. The van der Waals surface area contributed by atoms with Gasteiger partial charge in [-0.15, -0.1) is 0 Å². The molecule has 6 nitrogen and oxygen atoms in total. The van der Waals surface area contributed by atoms with Gasteiger partial charge in [-0.3, -0.25) is 4.79 Å². The summed E-state index contributed by atoms with van der Waals surface area (Å²) in [7, 11) is -3.91. The highest BCUT2D eigenvalue weighted by Crippen LogP contribution is 2.27. The summed E-state index contributed by atoms with van der Waals surface area (Å²) >= 11 is 6.04. The summed E-state index contributed by atoms with van der Waals surface area (Å²) in [5, 5.41) is 2.87. The van der Waals surface area contributed by atoms with Crippen LogP contribution in [-0.2, 0) is 14.8 Å². The van der Waals surface area contributed by atoms with Gasteiger partial charge >= 0.3 is 0 Å². The number of nitrogens with one attached hydrogen (secondary N) is 2. The molecule has 0 saturated heterocycles. The molecule has 0 aliphatic rings. The van der Waals surface area contributed by atoms with Crippen molar-refractivity contribution in [3.8, 4) is 5.75 Å². The van der Waals surface area contributed by atoms with E-state index in [9.17, 15) is 13.2 Å². The monoisotopic (exact) mass is 396 g/mol. The van der Waals surface area contributed by atoms with Crippen molar-refractivity contribution in [2.75, 3.05) is 11.9 Å². The van der Waals surface area contributed by atoms with Gasteiger partial charge in [-0.25, -0.2) is 8.42 Å². The molecular weight excluding hydrogens is 376 g/mol. The van der Waals surface area contributed by atoms with Gasteiger partial charge in [-0.1, -0.05) is 23.7 Å². The molecular formula is C18H21ClN2O4S. The third-order valence-corrected chi connectivity index (χ3v) is 5.36. The first-order valence-corrected chi connectivity index (χ1v) is 9.91. The number of ether oxygens (including phenoxy) is 1. The maximum atomic E-state index is 12.5. The van der Waals surface area contributed by atoms with Gasteiger partial charge in [0.25, 0.3) is 0 Å². The number of halogens is 1. The SMILES string of the molecule is CCOc1ccc(S(=O)(=O)N[C@@H](C)C(=O)Nc2cccc(C)c2)cc1Cl. The maximum absolute atomic E-state index is 12.5. The summed E-state index contributed by atoms with van der Waals surface area (Å²) in [6.45, 7) is 5.59. The molecule has 1 atom stereocenters. The van der Waals surface area contributed by atoms with Crippen molar-refractivity contribution >= 4 is 33.2 Å². The molecule has 0 aliphatic carbocycles. The minimum Gasteiger partial charge on any atom is -0.492 e.